The van der Waals surface area contributed by atoms with Crippen molar-refractivity contribution in [2.45, 2.75) is 81.9 Å². The molecule has 1 aliphatic heterocycles. The second-order valence-electron chi connectivity index (χ2n) is 9.71. The van der Waals surface area contributed by atoms with Gasteiger partial charge in [0.1, 0.15) is 21.9 Å². The third-order valence-corrected chi connectivity index (χ3v) is 8.23. The van der Waals surface area contributed by atoms with E-state index in [1.54, 1.807) is 12.4 Å². The number of thiophene rings is 1. The fraction of sp³-hybridized carbons (Fsp3) is 0.455. The zero-order chi connectivity index (χ0) is 26.6. The topological polar surface area (TPSA) is 143 Å². The van der Waals surface area contributed by atoms with Crippen molar-refractivity contribution in [1.82, 2.24) is 20.3 Å². The van der Waals surface area contributed by atoms with Crippen molar-refractivity contribution in [2.24, 2.45) is 5.73 Å². The van der Waals surface area contributed by atoms with Crippen molar-refractivity contribution in [1.29, 1.82) is 0 Å². The molecule has 9 nitrogen and oxygen atoms in total. The fourth-order valence-electron chi connectivity index (χ4n) is 5.05. The lowest BCUT2D eigenvalue weighted by Gasteiger charge is -2.34. The predicted molar refractivity (Wildman–Crippen MR) is 186 cm³/mol. The lowest BCUT2D eigenvalue weighted by Crippen LogP contribution is -2.44. The van der Waals surface area contributed by atoms with Gasteiger partial charge in [-0.25, -0.2) is 15.0 Å². The number of nitrogens with two attached hydrogens (primary N) is 2. The highest BCUT2D eigenvalue weighted by atomic mass is 32.1. The number of aromatic nitrogens is 3. The molecule has 0 bridgehead atoms. The van der Waals surface area contributed by atoms with Gasteiger partial charge < -0.3 is 26.8 Å². The maximum atomic E-state index is 11.8. The van der Waals surface area contributed by atoms with Crippen LogP contribution in [0.3, 0.4) is 0 Å². The number of nitrogens with one attached hydrogen (secondary N) is 1. The Morgan fingerprint density at radius 2 is 1.70 bits per heavy atom. The van der Waals surface area contributed by atoms with E-state index < -0.39 is 12.0 Å². The summed E-state index contributed by atoms with van der Waals surface area (Å²) in [5, 5.41) is 15.1. The average molecular weight is 612 g/mol. The number of carbonyl (C=O) groups excluding carboxylic acids is 1. The van der Waals surface area contributed by atoms with Crippen LogP contribution in [0.5, 0.6) is 0 Å². The standard InChI is InChI=1S/C28H33N7O2S.5CH4/c1-2-3-19-12-23(34-28-24(19)25(29)26(38-28)27(30)37)35-10-8-21(9-11-35)33-15-22(36)18-6-4-17(5-7-18)20-13-31-16-32-14-20;;;;;/h4-7,12-14,16,21-22,33,36H,2-3,8-11,15,29H2,1H3,(H2,30,37);5*1H4. The number of rotatable bonds is 9. The Morgan fingerprint density at radius 3 is 2.28 bits per heavy atom. The van der Waals surface area contributed by atoms with Crippen molar-refractivity contribution in [3.63, 3.8) is 0 Å². The molecule has 0 saturated carbocycles. The first-order chi connectivity index (χ1) is 18.4. The maximum absolute atomic E-state index is 11.8. The van der Waals surface area contributed by atoms with Crippen molar-refractivity contribution in [3.8, 4) is 11.1 Å². The van der Waals surface area contributed by atoms with Crippen molar-refractivity contribution in [3.05, 3.63) is 65.1 Å². The summed E-state index contributed by atoms with van der Waals surface area (Å²) in [6.07, 6.45) is 8.20. The van der Waals surface area contributed by atoms with Crippen LogP contribution in [0.2, 0.25) is 0 Å². The van der Waals surface area contributed by atoms with E-state index in [4.69, 9.17) is 16.5 Å². The van der Waals surface area contributed by atoms with E-state index in [0.29, 0.717) is 23.2 Å². The number of carbonyl (C=O) groups is 1. The molecule has 238 valence electrons. The number of aliphatic hydroxyl groups excluding tert-OH is 1. The molecule has 1 fully saturated rings. The van der Waals surface area contributed by atoms with Gasteiger partial charge in [0, 0.05) is 49.0 Å². The molecule has 1 aromatic carbocycles. The molecule has 1 atom stereocenters. The molecule has 0 aliphatic carbocycles. The molecule has 1 amide bonds. The summed E-state index contributed by atoms with van der Waals surface area (Å²) in [5.74, 6) is 0.408. The van der Waals surface area contributed by atoms with E-state index in [2.05, 4.69) is 33.2 Å². The van der Waals surface area contributed by atoms with Crippen molar-refractivity contribution >= 4 is 39.0 Å². The number of hydrogen-bond acceptors (Lipinski definition) is 9. The molecule has 10 heteroatoms. The lowest BCUT2D eigenvalue weighted by atomic mass is 10.0. The summed E-state index contributed by atoms with van der Waals surface area (Å²) in [4.78, 5) is 28.3. The molecule has 1 aliphatic rings. The quantitative estimate of drug-likeness (QED) is 0.161. The van der Waals surface area contributed by atoms with E-state index in [0.717, 1.165) is 77.1 Å². The number of nitrogen functional groups attached to an aromatic ring is 1. The summed E-state index contributed by atoms with van der Waals surface area (Å²) in [6, 6.07) is 10.3. The van der Waals surface area contributed by atoms with E-state index in [9.17, 15) is 9.90 Å². The van der Waals surface area contributed by atoms with Gasteiger partial charge in [-0.05, 0) is 42.0 Å². The first-order valence-electron chi connectivity index (χ1n) is 13.0. The molecule has 3 aromatic heterocycles. The SMILES string of the molecule is C.C.C.C.C.CCCc1cc(N2CCC(NCC(O)c3ccc(-c4cncnc4)cc3)CC2)nc2sc(C(N)=O)c(N)c12. The Bertz CT molecular complexity index is 1400. The van der Waals surface area contributed by atoms with Gasteiger partial charge in [-0.3, -0.25) is 4.79 Å². The Kier molecular flexibility index (Phi) is 16.0. The predicted octanol–water partition coefficient (Wildman–Crippen LogP) is 6.86. The number of piperidine rings is 1. The van der Waals surface area contributed by atoms with Crippen LogP contribution in [0.1, 0.15) is 90.2 Å². The van der Waals surface area contributed by atoms with Crippen LogP contribution >= 0.6 is 11.3 Å². The number of aryl methyl sites for hydroxylation is 1. The first-order valence-corrected chi connectivity index (χ1v) is 13.8. The van der Waals surface area contributed by atoms with Crippen LogP contribution in [0.25, 0.3) is 21.3 Å². The van der Waals surface area contributed by atoms with Gasteiger partial charge in [-0.1, -0.05) is 74.7 Å². The van der Waals surface area contributed by atoms with Crippen LogP contribution in [0.4, 0.5) is 11.5 Å². The Hall–Kier alpha value is -3.60. The molecule has 0 radical (unpaired) electrons. The zero-order valence-corrected chi connectivity index (χ0v) is 22.2. The zero-order valence-electron chi connectivity index (χ0n) is 21.4. The monoisotopic (exact) mass is 611 g/mol. The number of aliphatic hydroxyl groups is 1. The Balaban J connectivity index is 0.00000353. The van der Waals surface area contributed by atoms with Crippen molar-refractivity contribution in [2.75, 3.05) is 30.3 Å². The van der Waals surface area contributed by atoms with Crippen LogP contribution in [0, 0.1) is 0 Å². The number of pyridine rings is 1. The molecule has 43 heavy (non-hydrogen) atoms. The van der Waals surface area contributed by atoms with E-state index in [-0.39, 0.29) is 37.1 Å². The minimum atomic E-state index is -0.585. The van der Waals surface area contributed by atoms with Crippen LogP contribution in [-0.2, 0) is 6.42 Å². The summed E-state index contributed by atoms with van der Waals surface area (Å²) in [5.41, 5.74) is 16.2. The van der Waals surface area contributed by atoms with Gasteiger partial charge in [0.2, 0.25) is 0 Å². The van der Waals surface area contributed by atoms with Gasteiger partial charge in [-0.2, -0.15) is 0 Å². The van der Waals surface area contributed by atoms with E-state index in [1.165, 1.54) is 17.7 Å². The number of fused-ring (bicyclic) bond motifs is 1. The van der Waals surface area contributed by atoms with E-state index >= 15 is 0 Å². The third kappa shape index (κ3) is 8.72. The third-order valence-electron chi connectivity index (χ3n) is 7.12. The van der Waals surface area contributed by atoms with Crippen LogP contribution in [-0.4, -0.2) is 51.6 Å². The largest absolute Gasteiger partial charge is 0.397 e. The molecule has 1 saturated heterocycles. The second kappa shape index (κ2) is 17.5. The van der Waals surface area contributed by atoms with Crippen LogP contribution < -0.4 is 21.7 Å². The Morgan fingerprint density at radius 1 is 1.07 bits per heavy atom. The molecule has 0 spiro atoms. The molecule has 6 N–H and O–H groups in total. The molecule has 4 aromatic rings. The van der Waals surface area contributed by atoms with Gasteiger partial charge >= 0.3 is 0 Å². The van der Waals surface area contributed by atoms with Gasteiger partial charge in [-0.15, -0.1) is 11.3 Å². The molecule has 1 unspecified atom stereocenters. The highest BCUT2D eigenvalue weighted by Crippen LogP contribution is 2.37. The number of nitrogens with zero attached hydrogens (tertiary/aromatic N) is 4. The summed E-state index contributed by atoms with van der Waals surface area (Å²) in [7, 11) is 0. The van der Waals surface area contributed by atoms with Crippen LogP contribution in [0.15, 0.2) is 49.1 Å². The number of amides is 1. The minimum Gasteiger partial charge on any atom is -0.397 e. The summed E-state index contributed by atoms with van der Waals surface area (Å²) in [6.45, 7) is 4.33. The first kappa shape index (κ1) is 39.4. The average Bonchev–Trinajstić information content (AvgIpc) is 3.29. The number of benzene rings is 1. The fourth-order valence-corrected chi connectivity index (χ4v) is 6.04. The van der Waals surface area contributed by atoms with Crippen molar-refractivity contribution < 1.29 is 9.90 Å². The minimum absolute atomic E-state index is 0. The summed E-state index contributed by atoms with van der Waals surface area (Å²) >= 11 is 1.28. The highest BCUT2D eigenvalue weighted by Gasteiger charge is 2.24. The van der Waals surface area contributed by atoms with Gasteiger partial charge in [0.15, 0.2) is 0 Å². The molecular weight excluding hydrogens is 558 g/mol. The molecule has 4 heterocycles. The normalized spacial score (nSPS) is 13.4. The molecule has 5 rings (SSSR count). The van der Waals surface area contributed by atoms with Gasteiger partial charge in [0.05, 0.1) is 11.8 Å². The number of hydrogen-bond donors (Lipinski definition) is 4. The van der Waals surface area contributed by atoms with Gasteiger partial charge in [0.25, 0.3) is 5.91 Å². The number of anilines is 2. The number of primary amides is 1. The maximum Gasteiger partial charge on any atom is 0.260 e. The lowest BCUT2D eigenvalue weighted by molar-refractivity contribution is 0.100. The Labute approximate surface area is 262 Å². The van der Waals surface area contributed by atoms with E-state index in [1.807, 2.05) is 24.3 Å². The highest BCUT2D eigenvalue weighted by molar-refractivity contribution is 7.21. The second-order valence-corrected chi connectivity index (χ2v) is 10.7. The summed E-state index contributed by atoms with van der Waals surface area (Å²) < 4.78 is 0. The molecular formula is C33H53N7O2S. The smallest absolute Gasteiger partial charge is 0.260 e.